The van der Waals surface area contributed by atoms with Gasteiger partial charge in [0.15, 0.2) is 15.4 Å². The van der Waals surface area contributed by atoms with Gasteiger partial charge in [-0.3, -0.25) is 9.47 Å². The fraction of sp³-hybridized carbons (Fsp3) is 0.696. The van der Waals surface area contributed by atoms with Crippen molar-refractivity contribution in [3.8, 4) is 0 Å². The molecule has 0 radical (unpaired) electrons. The van der Waals surface area contributed by atoms with Crippen LogP contribution in [0.4, 0.5) is 0 Å². The Morgan fingerprint density at radius 1 is 1.12 bits per heavy atom. The number of nitrogens with zero attached hydrogens (tertiary/aromatic N) is 2. The van der Waals surface area contributed by atoms with E-state index in [-0.39, 0.29) is 16.5 Å². The van der Waals surface area contributed by atoms with Crippen LogP contribution in [0.2, 0.25) is 0 Å². The molecular formula is C23H34N2O6S. The predicted octanol–water partition coefficient (Wildman–Crippen LogP) is 3.00. The molecule has 8 nitrogen and oxygen atoms in total. The summed E-state index contributed by atoms with van der Waals surface area (Å²) in [6.07, 6.45) is 7.47. The van der Waals surface area contributed by atoms with Gasteiger partial charge in [0, 0.05) is 38.0 Å². The summed E-state index contributed by atoms with van der Waals surface area (Å²) in [5, 5.41) is 0. The van der Waals surface area contributed by atoms with Gasteiger partial charge in [-0.2, -0.15) is 0 Å². The number of hydrogen-bond donors (Lipinski definition) is 0. The minimum absolute atomic E-state index is 0.00660. The Bertz CT molecular complexity index is 1090. The summed E-state index contributed by atoms with van der Waals surface area (Å²) >= 11 is 0. The smallest absolute Gasteiger partial charge is 0.408 e. The third kappa shape index (κ3) is 4.81. The van der Waals surface area contributed by atoms with Crippen molar-refractivity contribution in [1.82, 2.24) is 9.47 Å². The first-order valence-corrected chi connectivity index (χ1v) is 13.3. The van der Waals surface area contributed by atoms with Crippen LogP contribution in [0, 0.1) is 0 Å². The lowest BCUT2D eigenvalue weighted by Gasteiger charge is -2.48. The molecule has 32 heavy (non-hydrogen) atoms. The maximum absolute atomic E-state index is 12.6. The molecule has 2 aromatic rings. The largest absolute Gasteiger partial charge is 0.420 e. The third-order valence-corrected chi connectivity index (χ3v) is 8.37. The van der Waals surface area contributed by atoms with Gasteiger partial charge in [-0.1, -0.05) is 0 Å². The first-order chi connectivity index (χ1) is 15.2. The van der Waals surface area contributed by atoms with E-state index in [1.54, 1.807) is 23.8 Å². The topological polar surface area (TPSA) is 91.0 Å². The van der Waals surface area contributed by atoms with Gasteiger partial charge in [-0.15, -0.1) is 0 Å². The Morgan fingerprint density at radius 2 is 1.81 bits per heavy atom. The van der Waals surface area contributed by atoms with E-state index in [1.165, 1.54) is 12.3 Å². The molecule has 0 spiro atoms. The molecule has 0 bridgehead atoms. The van der Waals surface area contributed by atoms with Gasteiger partial charge in [0.2, 0.25) is 0 Å². The zero-order valence-corrected chi connectivity index (χ0v) is 20.0. The highest BCUT2D eigenvalue weighted by atomic mass is 32.2. The maximum Gasteiger partial charge on any atom is 0.420 e. The molecule has 4 rings (SSSR count). The number of likely N-dealkylation sites (tertiary alicyclic amines) is 1. The second-order valence-corrected chi connectivity index (χ2v) is 11.4. The number of hydrogen-bond acceptors (Lipinski definition) is 7. The van der Waals surface area contributed by atoms with Crippen molar-refractivity contribution in [2.75, 3.05) is 39.7 Å². The van der Waals surface area contributed by atoms with E-state index in [9.17, 15) is 13.2 Å². The van der Waals surface area contributed by atoms with Crippen molar-refractivity contribution in [2.24, 2.45) is 0 Å². The second kappa shape index (κ2) is 9.29. The lowest BCUT2D eigenvalue weighted by molar-refractivity contribution is -0.0419. The molecule has 1 saturated carbocycles. The lowest BCUT2D eigenvalue weighted by atomic mass is 9.79. The molecule has 1 aliphatic carbocycles. The van der Waals surface area contributed by atoms with Crippen LogP contribution in [0.1, 0.15) is 51.5 Å². The van der Waals surface area contributed by atoms with Gasteiger partial charge >= 0.3 is 5.76 Å². The van der Waals surface area contributed by atoms with E-state index in [1.807, 2.05) is 0 Å². The Balaban J connectivity index is 1.43. The van der Waals surface area contributed by atoms with Gasteiger partial charge in [0.1, 0.15) is 0 Å². The van der Waals surface area contributed by atoms with Crippen LogP contribution in [0.15, 0.2) is 32.3 Å². The fourth-order valence-corrected chi connectivity index (χ4v) is 5.89. The zero-order valence-electron chi connectivity index (χ0n) is 19.2. The van der Waals surface area contributed by atoms with E-state index in [4.69, 9.17) is 13.9 Å². The summed E-state index contributed by atoms with van der Waals surface area (Å²) < 4.78 is 42.0. The Labute approximate surface area is 189 Å². The van der Waals surface area contributed by atoms with Crippen LogP contribution in [-0.4, -0.2) is 69.2 Å². The summed E-state index contributed by atoms with van der Waals surface area (Å²) in [4.78, 5) is 15.4. The number of benzene rings is 1. The molecule has 1 aromatic heterocycles. The minimum atomic E-state index is -3.36. The van der Waals surface area contributed by atoms with Gasteiger partial charge < -0.3 is 13.9 Å². The molecule has 1 aromatic carbocycles. The number of aromatic nitrogens is 1. The number of rotatable bonds is 7. The van der Waals surface area contributed by atoms with Crippen LogP contribution in [-0.2, 0) is 19.3 Å². The standard InChI is InChI=1S/C23H34N2O6S/c1-23(10-6-18(7-11-23)30-15-14-29-2)24-12-8-17(9-13-24)25-20-16-19(32(3,27)28)4-5-21(20)31-22(25)26/h4-5,16-18H,6-15H2,1-3H3. The molecule has 1 aliphatic heterocycles. The van der Waals surface area contributed by atoms with E-state index in [2.05, 4.69) is 11.8 Å². The summed E-state index contributed by atoms with van der Waals surface area (Å²) in [7, 11) is -1.67. The summed E-state index contributed by atoms with van der Waals surface area (Å²) in [6.45, 7) is 5.44. The molecule has 9 heteroatoms. The van der Waals surface area contributed by atoms with Crippen molar-refractivity contribution in [1.29, 1.82) is 0 Å². The average Bonchev–Trinajstić information content (AvgIpc) is 3.10. The van der Waals surface area contributed by atoms with Crippen molar-refractivity contribution in [3.05, 3.63) is 28.7 Å². The molecular weight excluding hydrogens is 432 g/mol. The molecule has 0 amide bonds. The van der Waals surface area contributed by atoms with Crippen molar-refractivity contribution >= 4 is 20.9 Å². The molecule has 2 aliphatic rings. The number of oxazole rings is 1. The second-order valence-electron chi connectivity index (χ2n) is 9.42. The molecule has 2 heterocycles. The van der Waals surface area contributed by atoms with Crippen LogP contribution in [0.25, 0.3) is 11.1 Å². The first-order valence-electron chi connectivity index (χ1n) is 11.4. The number of methoxy groups -OCH3 is 1. The minimum Gasteiger partial charge on any atom is -0.408 e. The molecule has 0 unspecified atom stereocenters. The van der Waals surface area contributed by atoms with Crippen LogP contribution >= 0.6 is 0 Å². The van der Waals surface area contributed by atoms with Gasteiger partial charge in [-0.05, 0) is 63.6 Å². The number of ether oxygens (including phenoxy) is 2. The predicted molar refractivity (Wildman–Crippen MR) is 122 cm³/mol. The molecule has 2 fully saturated rings. The summed E-state index contributed by atoms with van der Waals surface area (Å²) in [5.41, 5.74) is 1.15. The van der Waals surface area contributed by atoms with E-state index in [0.29, 0.717) is 30.4 Å². The van der Waals surface area contributed by atoms with E-state index >= 15 is 0 Å². The van der Waals surface area contributed by atoms with Crippen molar-refractivity contribution < 1.29 is 22.3 Å². The van der Waals surface area contributed by atoms with Gasteiger partial charge in [0.25, 0.3) is 0 Å². The molecule has 178 valence electrons. The first kappa shape index (κ1) is 23.5. The Morgan fingerprint density at radius 3 is 2.44 bits per heavy atom. The highest BCUT2D eigenvalue weighted by Crippen LogP contribution is 2.38. The normalized spacial score (nSPS) is 26.0. The highest BCUT2D eigenvalue weighted by Gasteiger charge is 2.38. The zero-order chi connectivity index (χ0) is 22.9. The van der Waals surface area contributed by atoms with E-state index in [0.717, 1.165) is 51.6 Å². The molecule has 0 N–H and O–H groups in total. The number of sulfone groups is 1. The quantitative estimate of drug-likeness (QED) is 0.579. The summed E-state index contributed by atoms with van der Waals surface area (Å²) in [6, 6.07) is 4.64. The van der Waals surface area contributed by atoms with Crippen molar-refractivity contribution in [3.63, 3.8) is 0 Å². The maximum atomic E-state index is 12.6. The average molecular weight is 467 g/mol. The SMILES string of the molecule is COCCOC1CCC(C)(N2CCC(n3c(=O)oc4ccc(S(C)(=O)=O)cc43)CC2)CC1. The fourth-order valence-electron chi connectivity index (χ4n) is 5.25. The Kier molecular flexibility index (Phi) is 6.81. The Hall–Kier alpha value is -1.68. The lowest BCUT2D eigenvalue weighted by Crippen LogP contribution is -2.53. The number of fused-ring (bicyclic) bond motifs is 1. The van der Waals surface area contributed by atoms with Crippen LogP contribution in [0.3, 0.4) is 0 Å². The third-order valence-electron chi connectivity index (χ3n) is 7.26. The van der Waals surface area contributed by atoms with Crippen molar-refractivity contribution in [2.45, 2.75) is 68.0 Å². The van der Waals surface area contributed by atoms with Crippen LogP contribution < -0.4 is 5.76 Å². The van der Waals surface area contributed by atoms with E-state index < -0.39 is 15.6 Å². The highest BCUT2D eigenvalue weighted by molar-refractivity contribution is 7.90. The van der Waals surface area contributed by atoms with Crippen LogP contribution in [0.5, 0.6) is 0 Å². The monoisotopic (exact) mass is 466 g/mol. The molecule has 0 atom stereocenters. The van der Waals surface area contributed by atoms with Gasteiger partial charge in [-0.25, -0.2) is 13.2 Å². The molecule has 1 saturated heterocycles. The van der Waals surface area contributed by atoms with Gasteiger partial charge in [0.05, 0.1) is 29.7 Å². The summed E-state index contributed by atoms with van der Waals surface area (Å²) in [5.74, 6) is -0.413. The number of piperidine rings is 1.